The fourth-order valence-corrected chi connectivity index (χ4v) is 2.25. The zero-order valence-corrected chi connectivity index (χ0v) is 11.6. The molecule has 1 amide bonds. The molecular formula is C16H18N2O2. The van der Waals surface area contributed by atoms with Crippen molar-refractivity contribution < 1.29 is 9.21 Å². The molecule has 2 aromatic rings. The van der Waals surface area contributed by atoms with Crippen LogP contribution in [0.3, 0.4) is 0 Å². The molecule has 1 saturated carbocycles. The van der Waals surface area contributed by atoms with Crippen molar-refractivity contribution in [3.63, 3.8) is 0 Å². The highest BCUT2D eigenvalue weighted by Gasteiger charge is 2.29. The first-order valence-corrected chi connectivity index (χ1v) is 7.03. The van der Waals surface area contributed by atoms with Crippen molar-refractivity contribution >= 4 is 5.91 Å². The first-order valence-electron chi connectivity index (χ1n) is 7.03. The average Bonchev–Trinajstić information content (AvgIpc) is 3.24. The minimum absolute atomic E-state index is 0.169. The van der Waals surface area contributed by atoms with Crippen molar-refractivity contribution in [1.82, 2.24) is 10.3 Å². The molecule has 0 bridgehead atoms. The summed E-state index contributed by atoms with van der Waals surface area (Å²) in [6.07, 6.45) is 2.73. The van der Waals surface area contributed by atoms with E-state index in [9.17, 15) is 4.79 Å². The molecule has 1 aliphatic rings. The zero-order chi connectivity index (χ0) is 13.9. The molecule has 3 rings (SSSR count). The highest BCUT2D eigenvalue weighted by Crippen LogP contribution is 2.29. The number of aromatic nitrogens is 1. The summed E-state index contributed by atoms with van der Waals surface area (Å²) in [5.41, 5.74) is 1.93. The van der Waals surface area contributed by atoms with E-state index in [1.54, 1.807) is 0 Å². The number of nitrogens with zero attached hydrogens (tertiary/aromatic N) is 1. The van der Waals surface area contributed by atoms with Crippen molar-refractivity contribution in [2.45, 2.75) is 26.2 Å². The van der Waals surface area contributed by atoms with Gasteiger partial charge < -0.3 is 9.73 Å². The molecule has 0 unspecified atom stereocenters. The number of hydrogen-bond acceptors (Lipinski definition) is 3. The van der Waals surface area contributed by atoms with Crippen LogP contribution < -0.4 is 5.32 Å². The van der Waals surface area contributed by atoms with E-state index in [4.69, 9.17) is 4.42 Å². The average molecular weight is 270 g/mol. The predicted octanol–water partition coefficient (Wildman–Crippen LogP) is 2.72. The number of nitrogens with one attached hydrogen (secondary N) is 1. The largest absolute Gasteiger partial charge is 0.445 e. The van der Waals surface area contributed by atoms with Crippen LogP contribution in [0.1, 0.15) is 24.5 Å². The molecule has 104 valence electrons. The molecular weight excluding hydrogens is 252 g/mol. The summed E-state index contributed by atoms with van der Waals surface area (Å²) in [6, 6.07) is 9.98. The molecule has 0 radical (unpaired) electrons. The fourth-order valence-electron chi connectivity index (χ4n) is 2.25. The van der Waals surface area contributed by atoms with E-state index in [2.05, 4.69) is 10.3 Å². The number of carbonyl (C=O) groups excluding carboxylic acids is 1. The number of amides is 1. The van der Waals surface area contributed by atoms with Gasteiger partial charge in [0.25, 0.3) is 0 Å². The molecule has 1 N–H and O–H groups in total. The number of rotatable bonds is 5. The van der Waals surface area contributed by atoms with Crippen molar-refractivity contribution in [1.29, 1.82) is 0 Å². The topological polar surface area (TPSA) is 55.1 Å². The normalized spacial score (nSPS) is 14.2. The quantitative estimate of drug-likeness (QED) is 0.908. The standard InChI is InChI=1S/C16H18N2O2/c1-11-18-15(12-5-3-2-4-6-12)14(20-11)9-10-17-16(19)13-7-8-13/h2-6,13H,7-10H2,1H3,(H,17,19). The van der Waals surface area contributed by atoms with Gasteiger partial charge in [-0.1, -0.05) is 30.3 Å². The van der Waals surface area contributed by atoms with Gasteiger partial charge >= 0.3 is 0 Å². The van der Waals surface area contributed by atoms with Gasteiger partial charge in [0.05, 0.1) is 0 Å². The molecule has 1 fully saturated rings. The van der Waals surface area contributed by atoms with Crippen LogP contribution in [0.25, 0.3) is 11.3 Å². The van der Waals surface area contributed by atoms with Gasteiger partial charge in [-0.2, -0.15) is 0 Å². The van der Waals surface area contributed by atoms with E-state index in [1.807, 2.05) is 37.3 Å². The predicted molar refractivity (Wildman–Crippen MR) is 76.1 cm³/mol. The van der Waals surface area contributed by atoms with E-state index >= 15 is 0 Å². The van der Waals surface area contributed by atoms with Gasteiger partial charge in [-0.15, -0.1) is 0 Å². The van der Waals surface area contributed by atoms with Crippen LogP contribution in [-0.2, 0) is 11.2 Å². The molecule has 0 atom stereocenters. The number of oxazole rings is 1. The molecule has 0 spiro atoms. The van der Waals surface area contributed by atoms with Crippen LogP contribution >= 0.6 is 0 Å². The monoisotopic (exact) mass is 270 g/mol. The van der Waals surface area contributed by atoms with Gasteiger partial charge in [0, 0.05) is 31.4 Å². The zero-order valence-electron chi connectivity index (χ0n) is 11.6. The third-order valence-corrected chi connectivity index (χ3v) is 3.45. The van der Waals surface area contributed by atoms with Crippen molar-refractivity contribution in [3.05, 3.63) is 42.0 Å². The number of hydrogen-bond donors (Lipinski definition) is 1. The van der Waals surface area contributed by atoms with E-state index in [-0.39, 0.29) is 11.8 Å². The molecule has 4 heteroatoms. The Morgan fingerprint density at radius 3 is 2.80 bits per heavy atom. The van der Waals surface area contributed by atoms with Crippen LogP contribution in [0.5, 0.6) is 0 Å². The fraction of sp³-hybridized carbons (Fsp3) is 0.375. The van der Waals surface area contributed by atoms with Crippen LogP contribution in [0, 0.1) is 12.8 Å². The van der Waals surface area contributed by atoms with Gasteiger partial charge in [-0.3, -0.25) is 4.79 Å². The maximum absolute atomic E-state index is 11.6. The van der Waals surface area contributed by atoms with Crippen LogP contribution in [0.15, 0.2) is 34.7 Å². The minimum Gasteiger partial charge on any atom is -0.445 e. The van der Waals surface area contributed by atoms with Gasteiger partial charge in [-0.05, 0) is 12.8 Å². The summed E-state index contributed by atoms with van der Waals surface area (Å²) < 4.78 is 5.66. The second-order valence-electron chi connectivity index (χ2n) is 5.19. The Morgan fingerprint density at radius 1 is 1.35 bits per heavy atom. The summed E-state index contributed by atoms with van der Waals surface area (Å²) in [7, 11) is 0. The van der Waals surface area contributed by atoms with Crippen LogP contribution in [0.2, 0.25) is 0 Å². The van der Waals surface area contributed by atoms with Gasteiger partial charge in [0.15, 0.2) is 5.89 Å². The first-order chi connectivity index (χ1) is 9.74. The lowest BCUT2D eigenvalue weighted by molar-refractivity contribution is -0.122. The lowest BCUT2D eigenvalue weighted by atomic mass is 10.1. The van der Waals surface area contributed by atoms with Crippen molar-refractivity contribution in [2.75, 3.05) is 6.54 Å². The summed E-state index contributed by atoms with van der Waals surface area (Å²) in [5.74, 6) is 1.92. The summed E-state index contributed by atoms with van der Waals surface area (Å²) >= 11 is 0. The van der Waals surface area contributed by atoms with E-state index < -0.39 is 0 Å². The van der Waals surface area contributed by atoms with Gasteiger partial charge in [0.1, 0.15) is 11.5 Å². The maximum Gasteiger partial charge on any atom is 0.223 e. The maximum atomic E-state index is 11.6. The second kappa shape index (κ2) is 5.49. The summed E-state index contributed by atoms with van der Waals surface area (Å²) in [5, 5.41) is 2.95. The Kier molecular flexibility index (Phi) is 3.54. The van der Waals surface area contributed by atoms with Crippen LogP contribution in [-0.4, -0.2) is 17.4 Å². The Labute approximate surface area is 118 Å². The summed E-state index contributed by atoms with van der Waals surface area (Å²) in [6.45, 7) is 2.45. The van der Waals surface area contributed by atoms with E-state index in [0.717, 1.165) is 29.9 Å². The molecule has 20 heavy (non-hydrogen) atoms. The highest BCUT2D eigenvalue weighted by molar-refractivity contribution is 5.80. The lowest BCUT2D eigenvalue weighted by Gasteiger charge is -2.04. The van der Waals surface area contributed by atoms with Crippen molar-refractivity contribution in [3.8, 4) is 11.3 Å². The molecule has 4 nitrogen and oxygen atoms in total. The Bertz CT molecular complexity index is 600. The lowest BCUT2D eigenvalue weighted by Crippen LogP contribution is -2.26. The summed E-state index contributed by atoms with van der Waals surface area (Å²) in [4.78, 5) is 16.0. The van der Waals surface area contributed by atoms with Crippen molar-refractivity contribution in [2.24, 2.45) is 5.92 Å². The molecule has 1 aliphatic carbocycles. The first kappa shape index (κ1) is 12.9. The smallest absolute Gasteiger partial charge is 0.223 e. The number of aryl methyl sites for hydroxylation is 1. The Hall–Kier alpha value is -2.10. The molecule has 0 aliphatic heterocycles. The van der Waals surface area contributed by atoms with E-state index in [0.29, 0.717) is 18.9 Å². The molecule has 0 saturated heterocycles. The molecule has 1 aromatic heterocycles. The molecule has 1 aromatic carbocycles. The third-order valence-electron chi connectivity index (χ3n) is 3.45. The Morgan fingerprint density at radius 2 is 2.10 bits per heavy atom. The SMILES string of the molecule is Cc1nc(-c2ccccc2)c(CCNC(=O)C2CC2)o1. The van der Waals surface area contributed by atoms with Gasteiger partial charge in [-0.25, -0.2) is 4.98 Å². The van der Waals surface area contributed by atoms with Gasteiger partial charge in [0.2, 0.25) is 5.91 Å². The minimum atomic E-state index is 0.169. The van der Waals surface area contributed by atoms with Crippen LogP contribution in [0.4, 0.5) is 0 Å². The molecule has 1 heterocycles. The second-order valence-corrected chi connectivity index (χ2v) is 5.19. The Balaban J connectivity index is 1.68. The van der Waals surface area contributed by atoms with E-state index in [1.165, 1.54) is 0 Å². The number of benzene rings is 1. The third kappa shape index (κ3) is 2.90. The highest BCUT2D eigenvalue weighted by atomic mass is 16.4. The number of carbonyl (C=O) groups is 1.